The topological polar surface area (TPSA) is 12.9 Å². The van der Waals surface area contributed by atoms with Crippen LogP contribution in [0.25, 0.3) is 0 Å². The molecule has 0 aliphatic rings. The van der Waals surface area contributed by atoms with Crippen LogP contribution in [0.5, 0.6) is 0 Å². The number of hydrogen-bond acceptors (Lipinski definition) is 2. The lowest BCUT2D eigenvalue weighted by molar-refractivity contribution is 0.374. The molecule has 17 heavy (non-hydrogen) atoms. The van der Waals surface area contributed by atoms with Crippen molar-refractivity contribution >= 4 is 22.9 Å². The quantitative estimate of drug-likeness (QED) is 0.704. The summed E-state index contributed by atoms with van der Waals surface area (Å²) in [6.45, 7) is 13.2. The molecular weight excluding hydrogens is 250 g/mol. The number of nitrogens with zero attached hydrogens (tertiary/aromatic N) is 1. The molecule has 0 saturated heterocycles. The van der Waals surface area contributed by atoms with Crippen molar-refractivity contribution in [3.63, 3.8) is 0 Å². The minimum absolute atomic E-state index is 0.152. The fourth-order valence-electron chi connectivity index (χ4n) is 1.45. The first-order valence-electron chi connectivity index (χ1n) is 6.19. The lowest BCUT2D eigenvalue weighted by Crippen LogP contribution is -2.21. The summed E-state index contributed by atoms with van der Waals surface area (Å²) in [5, 5.41) is 3.60. The Morgan fingerprint density at radius 2 is 1.82 bits per heavy atom. The summed E-state index contributed by atoms with van der Waals surface area (Å²) < 4.78 is 0. The smallest absolute Gasteiger partial charge is 0.0929 e. The van der Waals surface area contributed by atoms with Crippen molar-refractivity contribution in [2.75, 3.05) is 0 Å². The Morgan fingerprint density at radius 3 is 2.24 bits per heavy atom. The molecule has 0 fully saturated rings. The highest BCUT2D eigenvalue weighted by atomic mass is 35.5. The molecule has 0 radical (unpaired) electrons. The van der Waals surface area contributed by atoms with Gasteiger partial charge in [-0.1, -0.05) is 41.5 Å². The molecule has 98 valence electrons. The van der Waals surface area contributed by atoms with Crippen LogP contribution in [-0.2, 0) is 11.8 Å². The molecule has 0 saturated carbocycles. The second kappa shape index (κ2) is 5.27. The fourth-order valence-corrected chi connectivity index (χ4v) is 2.60. The normalized spacial score (nSPS) is 15.0. The van der Waals surface area contributed by atoms with Gasteiger partial charge in [-0.3, -0.25) is 0 Å². The minimum atomic E-state index is 0.152. The van der Waals surface area contributed by atoms with E-state index in [-0.39, 0.29) is 16.2 Å². The monoisotopic (exact) mass is 273 g/mol. The highest BCUT2D eigenvalue weighted by Crippen LogP contribution is 2.29. The van der Waals surface area contributed by atoms with Crippen LogP contribution in [0.3, 0.4) is 0 Å². The molecule has 0 bridgehead atoms. The fraction of sp³-hybridized carbons (Fsp3) is 0.786. The van der Waals surface area contributed by atoms with E-state index in [1.165, 1.54) is 10.7 Å². The third kappa shape index (κ3) is 4.59. The van der Waals surface area contributed by atoms with Crippen molar-refractivity contribution in [2.24, 2.45) is 5.41 Å². The van der Waals surface area contributed by atoms with Gasteiger partial charge in [0.1, 0.15) is 0 Å². The summed E-state index contributed by atoms with van der Waals surface area (Å²) in [5.41, 5.74) is 1.52. The van der Waals surface area contributed by atoms with E-state index in [2.05, 4.69) is 46.9 Å². The van der Waals surface area contributed by atoms with Gasteiger partial charge in [0, 0.05) is 22.6 Å². The molecule has 0 aliphatic heterocycles. The zero-order valence-corrected chi connectivity index (χ0v) is 13.4. The number of alkyl halides is 1. The van der Waals surface area contributed by atoms with Gasteiger partial charge in [0.25, 0.3) is 0 Å². The first-order valence-corrected chi connectivity index (χ1v) is 7.51. The van der Waals surface area contributed by atoms with Gasteiger partial charge in [0.05, 0.1) is 10.7 Å². The lowest BCUT2D eigenvalue weighted by atomic mass is 9.89. The molecule has 1 aromatic rings. The van der Waals surface area contributed by atoms with Crippen molar-refractivity contribution in [1.29, 1.82) is 0 Å². The van der Waals surface area contributed by atoms with Gasteiger partial charge in [-0.2, -0.15) is 0 Å². The number of hydrogen-bond donors (Lipinski definition) is 0. The number of aromatic nitrogens is 1. The van der Waals surface area contributed by atoms with E-state index < -0.39 is 0 Å². The SMILES string of the molecule is CC(C)(C)c1csc(CCC(Cl)C(C)(C)C)n1. The van der Waals surface area contributed by atoms with Crippen LogP contribution >= 0.6 is 22.9 Å². The van der Waals surface area contributed by atoms with E-state index in [0.29, 0.717) is 0 Å². The molecule has 0 aliphatic carbocycles. The van der Waals surface area contributed by atoms with E-state index in [0.717, 1.165) is 12.8 Å². The Balaban J connectivity index is 2.57. The van der Waals surface area contributed by atoms with E-state index in [4.69, 9.17) is 16.6 Å². The highest BCUT2D eigenvalue weighted by molar-refractivity contribution is 7.09. The number of aryl methyl sites for hydroxylation is 1. The molecule has 1 aromatic heterocycles. The number of halogens is 1. The molecule has 0 N–H and O–H groups in total. The van der Waals surface area contributed by atoms with Gasteiger partial charge >= 0.3 is 0 Å². The molecule has 0 spiro atoms. The molecular formula is C14H24ClNS. The number of rotatable bonds is 3. The standard InChI is InChI=1S/C14H24ClNS/c1-13(2,3)10(15)7-8-12-16-11(9-17-12)14(4,5)6/h9-10H,7-8H2,1-6H3. The van der Waals surface area contributed by atoms with Gasteiger partial charge in [-0.15, -0.1) is 22.9 Å². The average molecular weight is 274 g/mol. The Morgan fingerprint density at radius 1 is 1.24 bits per heavy atom. The number of thiazole rings is 1. The third-order valence-corrected chi connectivity index (χ3v) is 4.65. The maximum Gasteiger partial charge on any atom is 0.0929 e. The van der Waals surface area contributed by atoms with Gasteiger partial charge in [-0.25, -0.2) is 4.98 Å². The zero-order chi connectivity index (χ0) is 13.3. The first kappa shape index (κ1) is 15.0. The molecule has 0 amide bonds. The van der Waals surface area contributed by atoms with Crippen LogP contribution < -0.4 is 0 Å². The summed E-state index contributed by atoms with van der Waals surface area (Å²) in [4.78, 5) is 4.70. The summed E-state index contributed by atoms with van der Waals surface area (Å²) >= 11 is 8.14. The molecule has 1 rings (SSSR count). The predicted octanol–water partition coefficient (Wildman–Crippen LogP) is 5.03. The molecule has 1 nitrogen and oxygen atoms in total. The van der Waals surface area contributed by atoms with Crippen LogP contribution in [-0.4, -0.2) is 10.4 Å². The maximum atomic E-state index is 6.38. The van der Waals surface area contributed by atoms with Gasteiger partial charge < -0.3 is 0 Å². The Labute approximate surface area is 115 Å². The molecule has 3 heteroatoms. The lowest BCUT2D eigenvalue weighted by Gasteiger charge is -2.24. The molecule has 0 aromatic carbocycles. The van der Waals surface area contributed by atoms with Crippen molar-refractivity contribution < 1.29 is 0 Å². The summed E-state index contributed by atoms with van der Waals surface area (Å²) in [5.74, 6) is 0. The maximum absolute atomic E-state index is 6.38. The second-order valence-electron chi connectivity index (χ2n) is 6.75. The van der Waals surface area contributed by atoms with Crippen molar-refractivity contribution in [1.82, 2.24) is 4.98 Å². The van der Waals surface area contributed by atoms with Crippen LogP contribution in [0, 0.1) is 5.41 Å². The second-order valence-corrected chi connectivity index (χ2v) is 8.22. The van der Waals surface area contributed by atoms with E-state index >= 15 is 0 Å². The van der Waals surface area contributed by atoms with Crippen molar-refractivity contribution in [3.05, 3.63) is 16.1 Å². The van der Waals surface area contributed by atoms with Crippen LogP contribution in [0.2, 0.25) is 0 Å². The van der Waals surface area contributed by atoms with E-state index in [1.807, 2.05) is 0 Å². The van der Waals surface area contributed by atoms with Gasteiger partial charge in [-0.05, 0) is 11.8 Å². The van der Waals surface area contributed by atoms with E-state index in [9.17, 15) is 0 Å². The third-order valence-electron chi connectivity index (χ3n) is 2.87. The Kier molecular flexibility index (Phi) is 4.65. The average Bonchev–Trinajstić information content (AvgIpc) is 2.59. The summed E-state index contributed by atoms with van der Waals surface area (Å²) in [7, 11) is 0. The molecule has 1 atom stereocenters. The largest absolute Gasteiger partial charge is 0.246 e. The predicted molar refractivity (Wildman–Crippen MR) is 78.2 cm³/mol. The van der Waals surface area contributed by atoms with Crippen LogP contribution in [0.15, 0.2) is 5.38 Å². The van der Waals surface area contributed by atoms with Crippen molar-refractivity contribution in [2.45, 2.75) is 65.2 Å². The first-order chi connectivity index (χ1) is 7.60. The van der Waals surface area contributed by atoms with Gasteiger partial charge in [0.15, 0.2) is 0 Å². The zero-order valence-electron chi connectivity index (χ0n) is 11.8. The van der Waals surface area contributed by atoms with Crippen molar-refractivity contribution in [3.8, 4) is 0 Å². The Bertz CT molecular complexity index is 357. The van der Waals surface area contributed by atoms with Gasteiger partial charge in [0.2, 0.25) is 0 Å². The summed E-state index contributed by atoms with van der Waals surface area (Å²) in [6.07, 6.45) is 1.99. The highest BCUT2D eigenvalue weighted by Gasteiger charge is 2.23. The van der Waals surface area contributed by atoms with Crippen LogP contribution in [0.1, 0.15) is 58.7 Å². The summed E-state index contributed by atoms with van der Waals surface area (Å²) in [6, 6.07) is 0. The Hall–Kier alpha value is -0.0800. The molecule has 1 unspecified atom stereocenters. The van der Waals surface area contributed by atoms with E-state index in [1.54, 1.807) is 11.3 Å². The molecule has 1 heterocycles. The minimum Gasteiger partial charge on any atom is -0.246 e. The van der Waals surface area contributed by atoms with Crippen LogP contribution in [0.4, 0.5) is 0 Å².